The standard InChI is InChI=1S/C23H26N2O6S/c1-29-20-12-16(13-21(30-2)23(20)31-3)15-24-22(26)10-11-25-32(27,28)19-9-8-17-6-4-5-7-18(17)14-19/h4-9,12-14,25H,10-11,15H2,1-3H3,(H,24,26). The molecular formula is C23H26N2O6S. The van der Waals surface area contributed by atoms with Gasteiger partial charge >= 0.3 is 0 Å². The highest BCUT2D eigenvalue weighted by atomic mass is 32.2. The Labute approximate surface area is 187 Å². The predicted octanol–water partition coefficient (Wildman–Crippen LogP) is 2.85. The second-order valence-electron chi connectivity index (χ2n) is 6.97. The van der Waals surface area contributed by atoms with Crippen molar-refractivity contribution < 1.29 is 27.4 Å². The molecule has 0 saturated carbocycles. The number of benzene rings is 3. The smallest absolute Gasteiger partial charge is 0.240 e. The molecule has 0 fully saturated rings. The van der Waals surface area contributed by atoms with Gasteiger partial charge < -0.3 is 19.5 Å². The Morgan fingerprint density at radius 3 is 2.16 bits per heavy atom. The number of rotatable bonds is 10. The summed E-state index contributed by atoms with van der Waals surface area (Å²) in [6.07, 6.45) is -0.00274. The number of methoxy groups -OCH3 is 3. The summed E-state index contributed by atoms with van der Waals surface area (Å²) in [6, 6.07) is 15.9. The van der Waals surface area contributed by atoms with Gasteiger partial charge in [0.15, 0.2) is 11.5 Å². The zero-order chi connectivity index (χ0) is 23.1. The maximum absolute atomic E-state index is 12.6. The quantitative estimate of drug-likeness (QED) is 0.484. The fraction of sp³-hybridized carbons (Fsp3) is 0.261. The molecule has 9 heteroatoms. The monoisotopic (exact) mass is 458 g/mol. The van der Waals surface area contributed by atoms with E-state index in [0.29, 0.717) is 17.2 Å². The van der Waals surface area contributed by atoms with Crippen molar-refractivity contribution in [3.8, 4) is 17.2 Å². The number of amides is 1. The molecule has 0 spiro atoms. The molecule has 8 nitrogen and oxygen atoms in total. The second-order valence-corrected chi connectivity index (χ2v) is 8.73. The number of carbonyl (C=O) groups is 1. The van der Waals surface area contributed by atoms with Crippen LogP contribution in [0, 0.1) is 0 Å². The van der Waals surface area contributed by atoms with Crippen molar-refractivity contribution >= 4 is 26.7 Å². The van der Waals surface area contributed by atoms with E-state index in [-0.39, 0.29) is 30.3 Å². The van der Waals surface area contributed by atoms with Gasteiger partial charge in [-0.05, 0) is 40.6 Å². The summed E-state index contributed by atoms with van der Waals surface area (Å²) in [5.74, 6) is 1.15. The molecule has 3 rings (SSSR count). The summed E-state index contributed by atoms with van der Waals surface area (Å²) in [6.45, 7) is 0.212. The number of hydrogen-bond acceptors (Lipinski definition) is 6. The fourth-order valence-electron chi connectivity index (χ4n) is 3.24. The van der Waals surface area contributed by atoms with Crippen molar-refractivity contribution in [1.82, 2.24) is 10.0 Å². The van der Waals surface area contributed by atoms with Crippen LogP contribution in [-0.4, -0.2) is 42.2 Å². The molecule has 0 bridgehead atoms. The fourth-order valence-corrected chi connectivity index (χ4v) is 4.31. The molecule has 0 saturated heterocycles. The summed E-state index contributed by atoms with van der Waals surface area (Å²) >= 11 is 0. The normalized spacial score (nSPS) is 11.2. The number of ether oxygens (including phenoxy) is 3. The molecule has 0 radical (unpaired) electrons. The number of hydrogen-bond donors (Lipinski definition) is 2. The highest BCUT2D eigenvalue weighted by Gasteiger charge is 2.16. The molecule has 0 heterocycles. The van der Waals surface area contributed by atoms with Gasteiger partial charge in [0.1, 0.15) is 0 Å². The minimum absolute atomic E-state index is 0.00274. The predicted molar refractivity (Wildman–Crippen MR) is 122 cm³/mol. The van der Waals surface area contributed by atoms with Crippen molar-refractivity contribution in [3.05, 3.63) is 60.2 Å². The van der Waals surface area contributed by atoms with Crippen LogP contribution in [0.4, 0.5) is 0 Å². The van der Waals surface area contributed by atoms with Crippen molar-refractivity contribution in [1.29, 1.82) is 0 Å². The van der Waals surface area contributed by atoms with E-state index in [1.165, 1.54) is 21.3 Å². The summed E-state index contributed by atoms with van der Waals surface area (Å²) in [5.41, 5.74) is 0.754. The van der Waals surface area contributed by atoms with Crippen LogP contribution in [0.15, 0.2) is 59.5 Å². The van der Waals surface area contributed by atoms with Crippen molar-refractivity contribution in [2.75, 3.05) is 27.9 Å². The topological polar surface area (TPSA) is 103 Å². The molecular weight excluding hydrogens is 432 g/mol. The molecule has 170 valence electrons. The lowest BCUT2D eigenvalue weighted by molar-refractivity contribution is -0.121. The van der Waals surface area contributed by atoms with Gasteiger partial charge in [0.25, 0.3) is 0 Å². The van der Waals surface area contributed by atoms with Crippen LogP contribution >= 0.6 is 0 Å². The molecule has 1 amide bonds. The first-order chi connectivity index (χ1) is 15.4. The average Bonchev–Trinajstić information content (AvgIpc) is 2.81. The highest BCUT2D eigenvalue weighted by molar-refractivity contribution is 7.89. The second kappa shape index (κ2) is 10.3. The summed E-state index contributed by atoms with van der Waals surface area (Å²) < 4.78 is 43.5. The van der Waals surface area contributed by atoms with E-state index < -0.39 is 10.0 Å². The van der Waals surface area contributed by atoms with E-state index in [0.717, 1.165) is 16.3 Å². The van der Waals surface area contributed by atoms with Gasteiger partial charge in [-0.3, -0.25) is 4.79 Å². The zero-order valence-corrected chi connectivity index (χ0v) is 19.0. The highest BCUT2D eigenvalue weighted by Crippen LogP contribution is 2.38. The minimum Gasteiger partial charge on any atom is -0.493 e. The van der Waals surface area contributed by atoms with Crippen molar-refractivity contribution in [2.24, 2.45) is 0 Å². The number of nitrogens with one attached hydrogen (secondary N) is 2. The van der Waals surface area contributed by atoms with Gasteiger partial charge in [-0.2, -0.15) is 0 Å². The summed E-state index contributed by atoms with van der Waals surface area (Å²) in [4.78, 5) is 12.4. The minimum atomic E-state index is -3.72. The van der Waals surface area contributed by atoms with E-state index in [4.69, 9.17) is 14.2 Å². The van der Waals surface area contributed by atoms with Crippen LogP contribution in [0.5, 0.6) is 17.2 Å². The van der Waals surface area contributed by atoms with Gasteiger partial charge in [0.05, 0.1) is 26.2 Å². The lowest BCUT2D eigenvalue weighted by Crippen LogP contribution is -2.30. The van der Waals surface area contributed by atoms with Crippen molar-refractivity contribution in [2.45, 2.75) is 17.9 Å². The molecule has 0 aromatic heterocycles. The number of fused-ring (bicyclic) bond motifs is 1. The van der Waals surface area contributed by atoms with E-state index in [2.05, 4.69) is 10.0 Å². The van der Waals surface area contributed by atoms with E-state index >= 15 is 0 Å². The van der Waals surface area contributed by atoms with Crippen molar-refractivity contribution in [3.63, 3.8) is 0 Å². The van der Waals surface area contributed by atoms with Gasteiger partial charge in [-0.15, -0.1) is 0 Å². The zero-order valence-electron chi connectivity index (χ0n) is 18.2. The maximum atomic E-state index is 12.6. The first-order valence-corrected chi connectivity index (χ1v) is 11.4. The molecule has 2 N–H and O–H groups in total. The molecule has 0 aliphatic heterocycles. The molecule has 0 atom stereocenters. The first-order valence-electron chi connectivity index (χ1n) is 9.92. The van der Waals surface area contributed by atoms with Crippen LogP contribution in [0.2, 0.25) is 0 Å². The lowest BCUT2D eigenvalue weighted by Gasteiger charge is -2.14. The maximum Gasteiger partial charge on any atom is 0.240 e. The summed E-state index contributed by atoms with van der Waals surface area (Å²) in [7, 11) is 0.828. The molecule has 0 aliphatic carbocycles. The Balaban J connectivity index is 1.55. The third kappa shape index (κ3) is 5.49. The molecule has 32 heavy (non-hydrogen) atoms. The summed E-state index contributed by atoms with van der Waals surface area (Å²) in [5, 5.41) is 4.55. The largest absolute Gasteiger partial charge is 0.493 e. The van der Waals surface area contributed by atoms with E-state index in [1.807, 2.05) is 24.3 Å². The van der Waals surface area contributed by atoms with E-state index in [9.17, 15) is 13.2 Å². The average molecular weight is 459 g/mol. The molecule has 0 unspecified atom stereocenters. The third-order valence-electron chi connectivity index (χ3n) is 4.89. The molecule has 3 aromatic carbocycles. The lowest BCUT2D eigenvalue weighted by atomic mass is 10.1. The third-order valence-corrected chi connectivity index (χ3v) is 6.35. The number of sulfonamides is 1. The van der Waals surface area contributed by atoms with Gasteiger partial charge in [0.2, 0.25) is 21.7 Å². The van der Waals surface area contributed by atoms with Crippen LogP contribution in [0.25, 0.3) is 10.8 Å². The molecule has 0 aliphatic rings. The Morgan fingerprint density at radius 2 is 1.53 bits per heavy atom. The van der Waals surface area contributed by atoms with Gasteiger partial charge in [0, 0.05) is 19.5 Å². The Morgan fingerprint density at radius 1 is 0.875 bits per heavy atom. The Hall–Kier alpha value is -3.30. The molecule has 3 aromatic rings. The van der Waals surface area contributed by atoms with Gasteiger partial charge in [-0.1, -0.05) is 30.3 Å². The Bertz CT molecular complexity index is 1190. The van der Waals surface area contributed by atoms with Crippen LogP contribution < -0.4 is 24.2 Å². The van der Waals surface area contributed by atoms with Crippen LogP contribution in [-0.2, 0) is 21.4 Å². The van der Waals surface area contributed by atoms with E-state index in [1.54, 1.807) is 30.3 Å². The number of carbonyl (C=O) groups excluding carboxylic acids is 1. The first kappa shape index (κ1) is 23.4. The van der Waals surface area contributed by atoms with Crippen LogP contribution in [0.3, 0.4) is 0 Å². The van der Waals surface area contributed by atoms with Gasteiger partial charge in [-0.25, -0.2) is 13.1 Å². The van der Waals surface area contributed by atoms with Crippen LogP contribution in [0.1, 0.15) is 12.0 Å². The SMILES string of the molecule is COc1cc(CNC(=O)CCNS(=O)(=O)c2ccc3ccccc3c2)cc(OC)c1OC. The Kier molecular flexibility index (Phi) is 7.55.